The van der Waals surface area contributed by atoms with Crippen molar-refractivity contribution in [1.82, 2.24) is 0 Å². The summed E-state index contributed by atoms with van der Waals surface area (Å²) in [5.41, 5.74) is 1.12. The molecule has 0 aliphatic carbocycles. The Morgan fingerprint density at radius 1 is 1.47 bits per heavy atom. The Hall–Kier alpha value is -1.93. The number of isocyanates is 1. The van der Waals surface area contributed by atoms with Crippen LogP contribution in [-0.2, 0) is 20.7 Å². The van der Waals surface area contributed by atoms with Crippen LogP contribution >= 0.6 is 0 Å². The maximum absolute atomic E-state index is 11.2. The van der Waals surface area contributed by atoms with Crippen molar-refractivity contribution >= 4 is 17.7 Å². The normalized spacial score (nSPS) is 9.13. The molecule has 4 nitrogen and oxygen atoms in total. The molecular weight excluding hydrogens is 194 g/mol. The molecule has 1 aromatic rings. The van der Waals surface area contributed by atoms with Crippen LogP contribution in [0.2, 0.25) is 0 Å². The fourth-order valence-corrected chi connectivity index (χ4v) is 1.19. The standard InChI is InChI=1S/C11H11NO3/c1-2-15-11(14)7-9-5-3-4-6-10(9)12-8-13/h3-6H,2,7H2,1H3. The van der Waals surface area contributed by atoms with Gasteiger partial charge in [0.2, 0.25) is 6.08 Å². The summed E-state index contributed by atoms with van der Waals surface area (Å²) in [5.74, 6) is -0.328. The Kier molecular flexibility index (Phi) is 4.26. The van der Waals surface area contributed by atoms with Crippen LogP contribution in [0, 0.1) is 0 Å². The second kappa shape index (κ2) is 5.73. The van der Waals surface area contributed by atoms with E-state index in [1.165, 1.54) is 6.08 Å². The van der Waals surface area contributed by atoms with E-state index in [1.54, 1.807) is 31.2 Å². The van der Waals surface area contributed by atoms with Gasteiger partial charge in [0.25, 0.3) is 0 Å². The van der Waals surface area contributed by atoms with Gasteiger partial charge >= 0.3 is 5.97 Å². The zero-order valence-corrected chi connectivity index (χ0v) is 8.40. The third-order valence-corrected chi connectivity index (χ3v) is 1.80. The average Bonchev–Trinajstić information content (AvgIpc) is 2.21. The van der Waals surface area contributed by atoms with Gasteiger partial charge in [0.1, 0.15) is 0 Å². The molecule has 1 rings (SSSR count). The third kappa shape index (κ3) is 3.37. The van der Waals surface area contributed by atoms with Gasteiger partial charge in [-0.15, -0.1) is 0 Å². The monoisotopic (exact) mass is 205 g/mol. The van der Waals surface area contributed by atoms with E-state index in [0.29, 0.717) is 17.9 Å². The van der Waals surface area contributed by atoms with Crippen LogP contribution in [0.15, 0.2) is 29.3 Å². The molecule has 0 saturated carbocycles. The van der Waals surface area contributed by atoms with Crippen molar-refractivity contribution in [2.45, 2.75) is 13.3 Å². The predicted octanol–water partition coefficient (Wildman–Crippen LogP) is 1.76. The number of aliphatic imine (C=N–C) groups is 1. The number of carbonyl (C=O) groups is 1. The summed E-state index contributed by atoms with van der Waals surface area (Å²) in [6.45, 7) is 2.09. The SMILES string of the molecule is CCOC(=O)Cc1ccccc1N=C=O. The molecule has 0 fully saturated rings. The maximum atomic E-state index is 11.2. The Bertz CT molecular complexity index is 395. The lowest BCUT2D eigenvalue weighted by molar-refractivity contribution is -0.142. The number of ether oxygens (including phenoxy) is 1. The van der Waals surface area contributed by atoms with Gasteiger partial charge in [-0.1, -0.05) is 18.2 Å². The molecule has 78 valence electrons. The molecular formula is C11H11NO3. The Morgan fingerprint density at radius 3 is 2.87 bits per heavy atom. The van der Waals surface area contributed by atoms with Gasteiger partial charge in [0.05, 0.1) is 18.7 Å². The fraction of sp³-hybridized carbons (Fsp3) is 0.273. The van der Waals surface area contributed by atoms with E-state index in [-0.39, 0.29) is 12.4 Å². The minimum Gasteiger partial charge on any atom is -0.466 e. The smallest absolute Gasteiger partial charge is 0.310 e. The molecule has 0 atom stereocenters. The Labute approximate surface area is 87.6 Å². The van der Waals surface area contributed by atoms with Crippen LogP contribution in [-0.4, -0.2) is 18.7 Å². The molecule has 15 heavy (non-hydrogen) atoms. The van der Waals surface area contributed by atoms with E-state index in [2.05, 4.69) is 4.99 Å². The summed E-state index contributed by atoms with van der Waals surface area (Å²) in [5, 5.41) is 0. The van der Waals surface area contributed by atoms with Gasteiger partial charge in [0.15, 0.2) is 0 Å². The lowest BCUT2D eigenvalue weighted by Crippen LogP contribution is -2.07. The molecule has 0 aliphatic heterocycles. The molecule has 0 spiro atoms. The number of hydrogen-bond donors (Lipinski definition) is 0. The van der Waals surface area contributed by atoms with Gasteiger partial charge in [-0.05, 0) is 18.6 Å². The van der Waals surface area contributed by atoms with E-state index in [1.807, 2.05) is 0 Å². The number of nitrogens with zero attached hydrogens (tertiary/aromatic N) is 1. The van der Waals surface area contributed by atoms with Crippen LogP contribution in [0.4, 0.5) is 5.69 Å². The lowest BCUT2D eigenvalue weighted by atomic mass is 10.1. The molecule has 0 saturated heterocycles. The Morgan fingerprint density at radius 2 is 2.20 bits per heavy atom. The second-order valence-corrected chi connectivity index (χ2v) is 2.81. The van der Waals surface area contributed by atoms with Crippen molar-refractivity contribution in [3.05, 3.63) is 29.8 Å². The van der Waals surface area contributed by atoms with Crippen molar-refractivity contribution in [2.75, 3.05) is 6.61 Å². The van der Waals surface area contributed by atoms with Crippen LogP contribution in [0.25, 0.3) is 0 Å². The van der Waals surface area contributed by atoms with E-state index in [0.717, 1.165) is 0 Å². The van der Waals surface area contributed by atoms with Gasteiger partial charge in [-0.3, -0.25) is 4.79 Å². The summed E-state index contributed by atoms with van der Waals surface area (Å²) >= 11 is 0. The first-order valence-corrected chi connectivity index (χ1v) is 4.59. The average molecular weight is 205 g/mol. The number of benzene rings is 1. The summed E-state index contributed by atoms with van der Waals surface area (Å²) in [7, 11) is 0. The van der Waals surface area contributed by atoms with Gasteiger partial charge in [-0.2, -0.15) is 4.99 Å². The topological polar surface area (TPSA) is 55.7 Å². The molecule has 0 N–H and O–H groups in total. The highest BCUT2D eigenvalue weighted by molar-refractivity contribution is 5.75. The van der Waals surface area contributed by atoms with Crippen LogP contribution < -0.4 is 0 Å². The van der Waals surface area contributed by atoms with Crippen molar-refractivity contribution in [2.24, 2.45) is 4.99 Å². The molecule has 1 aromatic carbocycles. The zero-order chi connectivity index (χ0) is 11.1. The zero-order valence-electron chi connectivity index (χ0n) is 8.40. The summed E-state index contributed by atoms with van der Waals surface area (Å²) in [4.78, 5) is 24.8. The highest BCUT2D eigenvalue weighted by atomic mass is 16.5. The van der Waals surface area contributed by atoms with Crippen LogP contribution in [0.1, 0.15) is 12.5 Å². The first-order chi connectivity index (χ1) is 7.27. The second-order valence-electron chi connectivity index (χ2n) is 2.81. The summed E-state index contributed by atoms with van der Waals surface area (Å²) in [6.07, 6.45) is 1.57. The lowest BCUT2D eigenvalue weighted by Gasteiger charge is -2.03. The van der Waals surface area contributed by atoms with Crippen molar-refractivity contribution < 1.29 is 14.3 Å². The van der Waals surface area contributed by atoms with Crippen LogP contribution in [0.5, 0.6) is 0 Å². The van der Waals surface area contributed by atoms with E-state index in [9.17, 15) is 9.59 Å². The molecule has 0 aromatic heterocycles. The van der Waals surface area contributed by atoms with Gasteiger partial charge in [-0.25, -0.2) is 4.79 Å². The largest absolute Gasteiger partial charge is 0.466 e. The fourth-order valence-electron chi connectivity index (χ4n) is 1.19. The van der Waals surface area contributed by atoms with Crippen molar-refractivity contribution in [3.63, 3.8) is 0 Å². The highest BCUT2D eigenvalue weighted by Crippen LogP contribution is 2.18. The number of hydrogen-bond acceptors (Lipinski definition) is 4. The van der Waals surface area contributed by atoms with Crippen molar-refractivity contribution in [3.8, 4) is 0 Å². The predicted molar refractivity (Wildman–Crippen MR) is 54.6 cm³/mol. The van der Waals surface area contributed by atoms with Crippen LogP contribution in [0.3, 0.4) is 0 Å². The number of carbonyl (C=O) groups excluding carboxylic acids is 2. The van der Waals surface area contributed by atoms with Gasteiger partial charge < -0.3 is 4.74 Å². The maximum Gasteiger partial charge on any atom is 0.310 e. The minimum atomic E-state index is -0.328. The molecule has 0 heterocycles. The Balaban J connectivity index is 2.84. The molecule has 0 bridgehead atoms. The minimum absolute atomic E-state index is 0.120. The molecule has 0 unspecified atom stereocenters. The molecule has 0 amide bonds. The molecule has 0 radical (unpaired) electrons. The van der Waals surface area contributed by atoms with Gasteiger partial charge in [0, 0.05) is 0 Å². The quantitative estimate of drug-likeness (QED) is 0.427. The van der Waals surface area contributed by atoms with E-state index in [4.69, 9.17) is 4.74 Å². The molecule has 4 heteroatoms. The molecule has 0 aliphatic rings. The number of para-hydroxylation sites is 1. The third-order valence-electron chi connectivity index (χ3n) is 1.80. The van der Waals surface area contributed by atoms with E-state index < -0.39 is 0 Å². The highest BCUT2D eigenvalue weighted by Gasteiger charge is 2.07. The number of esters is 1. The summed E-state index contributed by atoms with van der Waals surface area (Å²) < 4.78 is 4.80. The number of rotatable bonds is 4. The first kappa shape index (κ1) is 11.1. The van der Waals surface area contributed by atoms with E-state index >= 15 is 0 Å². The summed E-state index contributed by atoms with van der Waals surface area (Å²) in [6, 6.07) is 6.90. The first-order valence-electron chi connectivity index (χ1n) is 4.59. The van der Waals surface area contributed by atoms with Crippen molar-refractivity contribution in [1.29, 1.82) is 0 Å².